The van der Waals surface area contributed by atoms with Gasteiger partial charge >= 0.3 is 0 Å². The Labute approximate surface area is 97.3 Å². The summed E-state index contributed by atoms with van der Waals surface area (Å²) >= 11 is 0. The van der Waals surface area contributed by atoms with Gasteiger partial charge in [0, 0.05) is 13.5 Å². The van der Waals surface area contributed by atoms with E-state index < -0.39 is 5.60 Å². The normalized spacial score (nSPS) is 19.4. The summed E-state index contributed by atoms with van der Waals surface area (Å²) in [4.78, 5) is 0. The van der Waals surface area contributed by atoms with Crippen molar-refractivity contribution >= 4 is 0 Å². The number of hydrogen-bond donors (Lipinski definition) is 1. The molecule has 0 amide bonds. The Morgan fingerprint density at radius 2 is 1.94 bits per heavy atom. The molecular formula is C14H20O2. The molecule has 2 rings (SSSR count). The predicted octanol–water partition coefficient (Wildman–Crippen LogP) is 2.33. The van der Waals surface area contributed by atoms with Crippen LogP contribution in [-0.2, 0) is 11.2 Å². The number of aryl methyl sites for hydroxylation is 1. The van der Waals surface area contributed by atoms with E-state index >= 15 is 0 Å². The van der Waals surface area contributed by atoms with Gasteiger partial charge in [-0.2, -0.15) is 0 Å². The number of aliphatic hydroxyl groups is 1. The van der Waals surface area contributed by atoms with Crippen LogP contribution in [0.1, 0.15) is 24.0 Å². The second-order valence-corrected chi connectivity index (χ2v) is 4.97. The van der Waals surface area contributed by atoms with E-state index in [0.717, 1.165) is 12.8 Å². The van der Waals surface area contributed by atoms with E-state index in [2.05, 4.69) is 31.2 Å². The second kappa shape index (κ2) is 4.56. The zero-order valence-corrected chi connectivity index (χ0v) is 10.1. The predicted molar refractivity (Wildman–Crippen MR) is 64.4 cm³/mol. The summed E-state index contributed by atoms with van der Waals surface area (Å²) in [5.41, 5.74) is 1.78. The molecule has 1 saturated carbocycles. The molecule has 0 spiro atoms. The van der Waals surface area contributed by atoms with E-state index in [1.54, 1.807) is 7.11 Å². The first kappa shape index (κ1) is 11.6. The zero-order chi connectivity index (χ0) is 11.6. The van der Waals surface area contributed by atoms with Crippen LogP contribution < -0.4 is 0 Å². The van der Waals surface area contributed by atoms with E-state index in [1.165, 1.54) is 11.1 Å². The zero-order valence-electron chi connectivity index (χ0n) is 10.1. The topological polar surface area (TPSA) is 29.5 Å². The maximum absolute atomic E-state index is 10.5. The summed E-state index contributed by atoms with van der Waals surface area (Å²) in [5.74, 6) is 0.425. The van der Waals surface area contributed by atoms with Crippen molar-refractivity contribution in [1.29, 1.82) is 0 Å². The number of hydrogen-bond acceptors (Lipinski definition) is 2. The highest BCUT2D eigenvalue weighted by Gasteiger charge is 2.43. The Kier molecular flexibility index (Phi) is 3.31. The van der Waals surface area contributed by atoms with Crippen molar-refractivity contribution in [3.05, 3.63) is 35.4 Å². The molecule has 1 aliphatic rings. The van der Waals surface area contributed by atoms with Gasteiger partial charge in [0.15, 0.2) is 0 Å². The lowest BCUT2D eigenvalue weighted by Gasteiger charge is -2.27. The van der Waals surface area contributed by atoms with Crippen LogP contribution in [0, 0.1) is 12.8 Å². The van der Waals surface area contributed by atoms with Crippen molar-refractivity contribution in [3.63, 3.8) is 0 Å². The third-order valence-electron chi connectivity index (χ3n) is 3.36. The first-order valence-electron chi connectivity index (χ1n) is 5.91. The molecule has 1 atom stereocenters. The Hall–Kier alpha value is -0.860. The number of ether oxygens (including phenoxy) is 1. The number of benzene rings is 1. The minimum atomic E-state index is -0.663. The maximum Gasteiger partial charge on any atom is 0.0947 e. The van der Waals surface area contributed by atoms with Gasteiger partial charge in [0.25, 0.3) is 0 Å². The maximum atomic E-state index is 10.5. The molecule has 16 heavy (non-hydrogen) atoms. The Balaban J connectivity index is 2.07. The quantitative estimate of drug-likeness (QED) is 0.825. The summed E-state index contributed by atoms with van der Waals surface area (Å²) in [5, 5.41) is 10.5. The lowest BCUT2D eigenvalue weighted by atomic mass is 9.90. The molecule has 1 aliphatic carbocycles. The van der Waals surface area contributed by atoms with Crippen molar-refractivity contribution < 1.29 is 9.84 Å². The lowest BCUT2D eigenvalue weighted by molar-refractivity contribution is -0.0474. The number of methoxy groups -OCH3 is 1. The van der Waals surface area contributed by atoms with E-state index in [9.17, 15) is 5.11 Å². The van der Waals surface area contributed by atoms with Crippen molar-refractivity contribution in [1.82, 2.24) is 0 Å². The monoisotopic (exact) mass is 220 g/mol. The van der Waals surface area contributed by atoms with Gasteiger partial charge in [-0.15, -0.1) is 0 Å². The summed E-state index contributed by atoms with van der Waals surface area (Å²) in [6, 6.07) is 8.38. The molecule has 2 heteroatoms. The molecule has 1 unspecified atom stereocenters. The van der Waals surface area contributed by atoms with Gasteiger partial charge in [-0.3, -0.25) is 0 Å². The first-order chi connectivity index (χ1) is 7.64. The van der Waals surface area contributed by atoms with Crippen molar-refractivity contribution in [2.75, 3.05) is 13.7 Å². The molecule has 1 aromatic rings. The van der Waals surface area contributed by atoms with Crippen LogP contribution in [0.4, 0.5) is 0 Å². The molecule has 0 radical (unpaired) electrons. The molecule has 0 heterocycles. The van der Waals surface area contributed by atoms with Gasteiger partial charge in [0.05, 0.1) is 12.2 Å². The van der Waals surface area contributed by atoms with Gasteiger partial charge in [0.2, 0.25) is 0 Å². The molecule has 1 fully saturated rings. The minimum Gasteiger partial charge on any atom is -0.387 e. The highest BCUT2D eigenvalue weighted by atomic mass is 16.5. The van der Waals surface area contributed by atoms with E-state index in [-0.39, 0.29) is 0 Å². The van der Waals surface area contributed by atoms with Crippen LogP contribution in [0.25, 0.3) is 0 Å². The van der Waals surface area contributed by atoms with Crippen molar-refractivity contribution in [2.24, 2.45) is 5.92 Å². The average Bonchev–Trinajstić information content (AvgIpc) is 3.05. The van der Waals surface area contributed by atoms with Gasteiger partial charge in [-0.1, -0.05) is 29.8 Å². The minimum absolute atomic E-state index is 0.425. The molecule has 0 saturated heterocycles. The van der Waals surface area contributed by atoms with Crippen LogP contribution in [0.3, 0.4) is 0 Å². The van der Waals surface area contributed by atoms with Crippen LogP contribution >= 0.6 is 0 Å². The molecule has 2 nitrogen and oxygen atoms in total. The van der Waals surface area contributed by atoms with Crippen molar-refractivity contribution in [3.8, 4) is 0 Å². The highest BCUT2D eigenvalue weighted by Crippen LogP contribution is 2.41. The first-order valence-corrected chi connectivity index (χ1v) is 5.91. The molecule has 88 valence electrons. The van der Waals surface area contributed by atoms with E-state index in [1.807, 2.05) is 0 Å². The third-order valence-corrected chi connectivity index (χ3v) is 3.36. The fourth-order valence-electron chi connectivity index (χ4n) is 2.24. The largest absolute Gasteiger partial charge is 0.387 e. The van der Waals surface area contributed by atoms with Gasteiger partial charge in [0.1, 0.15) is 0 Å². The molecule has 0 aromatic heterocycles. The van der Waals surface area contributed by atoms with Crippen molar-refractivity contribution in [2.45, 2.75) is 31.8 Å². The summed E-state index contributed by atoms with van der Waals surface area (Å²) in [7, 11) is 1.66. The lowest BCUT2D eigenvalue weighted by Crippen LogP contribution is -2.39. The summed E-state index contributed by atoms with van der Waals surface area (Å²) in [6.45, 7) is 2.51. The summed E-state index contributed by atoms with van der Waals surface area (Å²) in [6.07, 6.45) is 2.96. The Morgan fingerprint density at radius 3 is 2.44 bits per heavy atom. The third kappa shape index (κ3) is 2.63. The standard InChI is InChI=1S/C14H20O2/c1-11-3-5-12(6-4-11)9-14(15,10-16-2)13-7-8-13/h3-6,13,15H,7-10H2,1-2H3. The summed E-state index contributed by atoms with van der Waals surface area (Å²) < 4.78 is 5.15. The van der Waals surface area contributed by atoms with Gasteiger partial charge in [-0.25, -0.2) is 0 Å². The van der Waals surface area contributed by atoms with Crippen LogP contribution in [0.2, 0.25) is 0 Å². The number of rotatable bonds is 5. The van der Waals surface area contributed by atoms with Crippen LogP contribution in [-0.4, -0.2) is 24.4 Å². The molecular weight excluding hydrogens is 200 g/mol. The SMILES string of the molecule is COCC(O)(Cc1ccc(C)cc1)C1CC1. The Morgan fingerprint density at radius 1 is 1.31 bits per heavy atom. The van der Waals surface area contributed by atoms with E-state index in [0.29, 0.717) is 18.9 Å². The Bertz CT molecular complexity index is 340. The van der Waals surface area contributed by atoms with Crippen LogP contribution in [0.15, 0.2) is 24.3 Å². The second-order valence-electron chi connectivity index (χ2n) is 4.97. The fraction of sp³-hybridized carbons (Fsp3) is 0.571. The molecule has 0 aliphatic heterocycles. The van der Waals surface area contributed by atoms with Gasteiger partial charge in [-0.05, 0) is 31.2 Å². The smallest absolute Gasteiger partial charge is 0.0947 e. The average molecular weight is 220 g/mol. The fourth-order valence-corrected chi connectivity index (χ4v) is 2.24. The molecule has 1 N–H and O–H groups in total. The van der Waals surface area contributed by atoms with Crippen LogP contribution in [0.5, 0.6) is 0 Å². The molecule has 0 bridgehead atoms. The molecule has 1 aromatic carbocycles. The van der Waals surface area contributed by atoms with E-state index in [4.69, 9.17) is 4.74 Å². The van der Waals surface area contributed by atoms with Gasteiger partial charge < -0.3 is 9.84 Å². The highest BCUT2D eigenvalue weighted by molar-refractivity contribution is 5.23.